The van der Waals surface area contributed by atoms with Gasteiger partial charge in [0.2, 0.25) is 0 Å². The lowest BCUT2D eigenvalue weighted by atomic mass is 10.1. The number of carbonyl (C=O) groups is 1. The molecule has 0 aromatic heterocycles. The summed E-state index contributed by atoms with van der Waals surface area (Å²) in [4.78, 5) is 11.8. The zero-order valence-corrected chi connectivity index (χ0v) is 13.1. The summed E-state index contributed by atoms with van der Waals surface area (Å²) in [6.45, 7) is 0.940. The Bertz CT molecular complexity index is 683. The van der Waals surface area contributed by atoms with Crippen molar-refractivity contribution in [2.75, 3.05) is 7.11 Å². The van der Waals surface area contributed by atoms with Crippen molar-refractivity contribution in [3.63, 3.8) is 0 Å². The molecule has 5 nitrogen and oxygen atoms in total. The summed E-state index contributed by atoms with van der Waals surface area (Å²) in [6.07, 6.45) is 3.40. The van der Waals surface area contributed by atoms with E-state index in [9.17, 15) is 4.79 Å². The van der Waals surface area contributed by atoms with Crippen LogP contribution in [0.15, 0.2) is 54.7 Å². The van der Waals surface area contributed by atoms with Crippen molar-refractivity contribution in [2.24, 2.45) is 5.73 Å². The van der Waals surface area contributed by atoms with E-state index >= 15 is 0 Å². The van der Waals surface area contributed by atoms with Gasteiger partial charge in [0, 0.05) is 19.3 Å². The molecule has 4 N–H and O–H groups in total. The molecule has 2 aromatic carbocycles. The van der Waals surface area contributed by atoms with Crippen LogP contribution in [0.4, 0.5) is 4.79 Å². The molecular weight excluding hydrogens is 290 g/mol. The first-order valence-corrected chi connectivity index (χ1v) is 7.34. The molecule has 2 amide bonds. The number of nitrogens with two attached hydrogens (primary N) is 1. The van der Waals surface area contributed by atoms with Crippen molar-refractivity contribution in [1.29, 1.82) is 0 Å². The summed E-state index contributed by atoms with van der Waals surface area (Å²) in [5.41, 5.74) is 8.60. The maximum Gasteiger partial charge on any atom is 0.319 e. The Kier molecular flexibility index (Phi) is 6.20. The molecule has 0 radical (unpaired) electrons. The van der Waals surface area contributed by atoms with E-state index in [0.717, 1.165) is 22.4 Å². The van der Waals surface area contributed by atoms with E-state index in [1.807, 2.05) is 48.5 Å². The first-order valence-electron chi connectivity index (χ1n) is 7.34. The fourth-order valence-electron chi connectivity index (χ4n) is 2.06. The number of carbonyl (C=O) groups excluding carboxylic acids is 1. The largest absolute Gasteiger partial charge is 0.497 e. The Morgan fingerprint density at radius 2 is 1.96 bits per heavy atom. The van der Waals surface area contributed by atoms with Crippen molar-refractivity contribution in [2.45, 2.75) is 13.1 Å². The second-order valence-corrected chi connectivity index (χ2v) is 4.96. The van der Waals surface area contributed by atoms with E-state index in [2.05, 4.69) is 10.6 Å². The molecule has 0 heterocycles. The van der Waals surface area contributed by atoms with Crippen LogP contribution in [0.2, 0.25) is 0 Å². The molecule has 5 heteroatoms. The maximum absolute atomic E-state index is 11.8. The number of amides is 2. The number of hydrogen-bond donors (Lipinski definition) is 3. The maximum atomic E-state index is 11.8. The zero-order chi connectivity index (χ0) is 16.5. The Morgan fingerprint density at radius 1 is 1.17 bits per heavy atom. The average Bonchev–Trinajstić information content (AvgIpc) is 2.60. The van der Waals surface area contributed by atoms with Crippen LogP contribution in [0.5, 0.6) is 5.75 Å². The van der Waals surface area contributed by atoms with Crippen LogP contribution in [-0.4, -0.2) is 13.1 Å². The highest BCUT2D eigenvalue weighted by Gasteiger charge is 1.99. The summed E-state index contributed by atoms with van der Waals surface area (Å²) in [5, 5.41) is 5.46. The molecule has 120 valence electrons. The molecule has 2 aromatic rings. The van der Waals surface area contributed by atoms with Gasteiger partial charge in [-0.1, -0.05) is 36.4 Å². The minimum atomic E-state index is -0.262. The molecule has 0 aliphatic rings. The van der Waals surface area contributed by atoms with Gasteiger partial charge in [0.05, 0.1) is 7.11 Å². The zero-order valence-electron chi connectivity index (χ0n) is 13.1. The molecule has 2 rings (SSSR count). The molecule has 0 fully saturated rings. The molecule has 23 heavy (non-hydrogen) atoms. The first kappa shape index (κ1) is 16.6. The lowest BCUT2D eigenvalue weighted by Crippen LogP contribution is -2.31. The Hall–Kier alpha value is -2.79. The van der Waals surface area contributed by atoms with Crippen molar-refractivity contribution in [3.8, 4) is 5.75 Å². The van der Waals surface area contributed by atoms with E-state index in [0.29, 0.717) is 13.1 Å². The van der Waals surface area contributed by atoms with Gasteiger partial charge >= 0.3 is 6.03 Å². The summed E-state index contributed by atoms with van der Waals surface area (Å²) in [6, 6.07) is 15.1. The number of urea groups is 1. The van der Waals surface area contributed by atoms with Crippen LogP contribution in [-0.2, 0) is 13.1 Å². The van der Waals surface area contributed by atoms with Gasteiger partial charge in [0.15, 0.2) is 0 Å². The third-order valence-electron chi connectivity index (χ3n) is 3.26. The van der Waals surface area contributed by atoms with Gasteiger partial charge in [-0.3, -0.25) is 0 Å². The smallest absolute Gasteiger partial charge is 0.319 e. The van der Waals surface area contributed by atoms with E-state index in [1.165, 1.54) is 0 Å². The minimum Gasteiger partial charge on any atom is -0.497 e. The average molecular weight is 311 g/mol. The number of hydrogen-bond acceptors (Lipinski definition) is 3. The molecule has 0 aliphatic carbocycles. The predicted molar refractivity (Wildman–Crippen MR) is 91.7 cm³/mol. The van der Waals surface area contributed by atoms with Crippen LogP contribution in [0, 0.1) is 0 Å². The van der Waals surface area contributed by atoms with Gasteiger partial charge in [-0.2, -0.15) is 0 Å². The van der Waals surface area contributed by atoms with Gasteiger partial charge < -0.3 is 21.1 Å². The normalized spacial score (nSPS) is 10.5. The fourth-order valence-corrected chi connectivity index (χ4v) is 2.06. The summed E-state index contributed by atoms with van der Waals surface area (Å²) in [7, 11) is 1.62. The number of benzene rings is 2. The van der Waals surface area contributed by atoms with E-state index in [-0.39, 0.29) is 6.03 Å². The lowest BCUT2D eigenvalue weighted by Gasteiger charge is -2.06. The third kappa shape index (κ3) is 5.48. The van der Waals surface area contributed by atoms with Crippen molar-refractivity contribution in [3.05, 3.63) is 71.4 Å². The van der Waals surface area contributed by atoms with Crippen LogP contribution < -0.4 is 21.1 Å². The number of rotatable bonds is 6. The fraction of sp³-hybridized carbons (Fsp3) is 0.167. The van der Waals surface area contributed by atoms with Gasteiger partial charge in [0.25, 0.3) is 0 Å². The number of methoxy groups -OCH3 is 1. The number of nitrogens with one attached hydrogen (secondary N) is 2. The topological polar surface area (TPSA) is 76.4 Å². The van der Waals surface area contributed by atoms with Gasteiger partial charge in [-0.05, 0) is 34.9 Å². The number of ether oxygens (including phenoxy) is 1. The van der Waals surface area contributed by atoms with Gasteiger partial charge in [-0.25, -0.2) is 4.79 Å². The molecule has 0 spiro atoms. The highest BCUT2D eigenvalue weighted by Crippen LogP contribution is 2.13. The van der Waals surface area contributed by atoms with Crippen molar-refractivity contribution >= 4 is 12.1 Å². The highest BCUT2D eigenvalue weighted by atomic mass is 16.5. The van der Waals surface area contributed by atoms with E-state index in [1.54, 1.807) is 19.4 Å². The SMILES string of the molecule is COc1cccc(/C=C/NC(=O)NCc2cccc(CN)c2)c1. The second-order valence-electron chi connectivity index (χ2n) is 4.96. The quantitative estimate of drug-likeness (QED) is 0.767. The lowest BCUT2D eigenvalue weighted by molar-refractivity contribution is 0.244. The molecule has 0 saturated heterocycles. The molecule has 0 saturated carbocycles. The van der Waals surface area contributed by atoms with Crippen molar-refractivity contribution < 1.29 is 9.53 Å². The van der Waals surface area contributed by atoms with Gasteiger partial charge in [0.1, 0.15) is 5.75 Å². The highest BCUT2D eigenvalue weighted by molar-refractivity contribution is 5.75. The Labute approximate surface area is 136 Å². The Morgan fingerprint density at radius 3 is 2.74 bits per heavy atom. The first-order chi connectivity index (χ1) is 11.2. The Balaban J connectivity index is 1.81. The summed E-state index contributed by atoms with van der Waals surface area (Å²) < 4.78 is 5.15. The molecular formula is C18H21N3O2. The van der Waals surface area contributed by atoms with Crippen LogP contribution in [0.25, 0.3) is 6.08 Å². The van der Waals surface area contributed by atoms with E-state index in [4.69, 9.17) is 10.5 Å². The molecule has 0 bridgehead atoms. The molecule has 0 atom stereocenters. The van der Waals surface area contributed by atoms with E-state index < -0.39 is 0 Å². The molecule has 0 unspecified atom stereocenters. The summed E-state index contributed by atoms with van der Waals surface area (Å²) in [5.74, 6) is 0.774. The molecule has 0 aliphatic heterocycles. The predicted octanol–water partition coefficient (Wildman–Crippen LogP) is 2.62. The van der Waals surface area contributed by atoms with Crippen molar-refractivity contribution in [1.82, 2.24) is 10.6 Å². The third-order valence-corrected chi connectivity index (χ3v) is 3.26. The minimum absolute atomic E-state index is 0.262. The standard InChI is InChI=1S/C18H21N3O2/c1-23-17-7-3-4-14(11-17)8-9-20-18(22)21-13-16-6-2-5-15(10-16)12-19/h2-11H,12-13,19H2,1H3,(H2,20,21,22)/b9-8+. The van der Waals surface area contributed by atoms with Crippen LogP contribution in [0.1, 0.15) is 16.7 Å². The second kappa shape index (κ2) is 8.60. The van der Waals surface area contributed by atoms with Crippen LogP contribution >= 0.6 is 0 Å². The van der Waals surface area contributed by atoms with Gasteiger partial charge in [-0.15, -0.1) is 0 Å². The van der Waals surface area contributed by atoms with Crippen LogP contribution in [0.3, 0.4) is 0 Å². The monoisotopic (exact) mass is 311 g/mol. The summed E-state index contributed by atoms with van der Waals surface area (Å²) >= 11 is 0.